The molecule has 0 bridgehead atoms. The van der Waals surface area contributed by atoms with E-state index < -0.39 is 27.3 Å². The number of benzene rings is 3. The fourth-order valence-electron chi connectivity index (χ4n) is 3.60. The minimum atomic E-state index is -3.38. The van der Waals surface area contributed by atoms with Crippen LogP contribution >= 0.6 is 23.4 Å². The maximum absolute atomic E-state index is 13.5. The summed E-state index contributed by atoms with van der Waals surface area (Å²) in [4.78, 5) is 14.5. The lowest BCUT2D eigenvalue weighted by Gasteiger charge is -2.22. The van der Waals surface area contributed by atoms with Crippen molar-refractivity contribution in [3.63, 3.8) is 0 Å². The van der Waals surface area contributed by atoms with Gasteiger partial charge >= 0.3 is 0 Å². The number of hydrogen-bond donors (Lipinski definition) is 2. The number of rotatable bonds is 9. The number of sulfone groups is 1. The van der Waals surface area contributed by atoms with Gasteiger partial charge in [0.15, 0.2) is 26.8 Å². The molecule has 0 fully saturated rings. The molecule has 3 aromatic rings. The van der Waals surface area contributed by atoms with E-state index in [1.165, 1.54) is 23.9 Å². The summed E-state index contributed by atoms with van der Waals surface area (Å²) in [5, 5.41) is 6.53. The summed E-state index contributed by atoms with van der Waals surface area (Å²) < 4.78 is 41.2. The molecule has 1 aliphatic rings. The zero-order valence-electron chi connectivity index (χ0n) is 19.8. The van der Waals surface area contributed by atoms with Crippen LogP contribution in [-0.2, 0) is 14.6 Å². The van der Waals surface area contributed by atoms with Gasteiger partial charge in [-0.2, -0.15) is 0 Å². The second-order valence-corrected chi connectivity index (χ2v) is 11.6. The topological polar surface area (TPSA) is 103 Å². The number of methoxy groups -OCH3 is 2. The highest BCUT2D eigenvalue weighted by atomic mass is 35.5. The molecule has 1 amide bonds. The Kier molecular flexibility index (Phi) is 7.87. The van der Waals surface area contributed by atoms with Crippen LogP contribution in [-0.4, -0.2) is 39.8 Å². The van der Waals surface area contributed by atoms with Crippen LogP contribution in [0.3, 0.4) is 0 Å². The molecular weight excluding hydrogens is 524 g/mol. The minimum absolute atomic E-state index is 0.0207. The Labute approximate surface area is 219 Å². The van der Waals surface area contributed by atoms with Crippen LogP contribution in [0.25, 0.3) is 0 Å². The van der Waals surface area contributed by atoms with Gasteiger partial charge in [0.1, 0.15) is 5.75 Å². The molecule has 1 aliphatic heterocycles. The average Bonchev–Trinajstić information content (AvgIpc) is 3.28. The number of thioether (sulfide) groups is 1. The Hall–Kier alpha value is -3.08. The normalized spacial score (nSPS) is 15.4. The third-order valence-corrected chi connectivity index (χ3v) is 8.66. The number of carbonyl (C=O) groups is 1. The summed E-state index contributed by atoms with van der Waals surface area (Å²) in [5.74, 6) is 1.03. The van der Waals surface area contributed by atoms with Crippen molar-refractivity contribution in [3.8, 4) is 17.2 Å². The number of fused-ring (bicyclic) bond motifs is 1. The molecule has 2 unspecified atom stereocenters. The van der Waals surface area contributed by atoms with Gasteiger partial charge in [-0.3, -0.25) is 4.79 Å². The Morgan fingerprint density at radius 1 is 1.06 bits per heavy atom. The van der Waals surface area contributed by atoms with Crippen LogP contribution in [0.5, 0.6) is 17.2 Å². The standard InChI is InChI=1S/C25H25ClN2O6S2/c1-4-36(30,31)16-11-9-15(10-12-16)23(34-19-8-6-5-7-17(19)26)24(29)28-25-27-18-13-20(32-2)21(33-3)14-22(18)35-25/h5-14,23,25,27H,4H2,1-3H3,(H,28,29). The van der Waals surface area contributed by atoms with Crippen molar-refractivity contribution in [1.29, 1.82) is 0 Å². The van der Waals surface area contributed by atoms with Gasteiger partial charge in [0, 0.05) is 16.5 Å². The summed E-state index contributed by atoms with van der Waals surface area (Å²) in [7, 11) is -0.269. The first-order chi connectivity index (χ1) is 17.2. The maximum atomic E-state index is 13.5. The smallest absolute Gasteiger partial charge is 0.268 e. The Morgan fingerprint density at radius 3 is 2.36 bits per heavy atom. The fraction of sp³-hybridized carbons (Fsp3) is 0.240. The molecule has 0 aliphatic carbocycles. The molecule has 0 saturated carbocycles. The average molecular weight is 549 g/mol. The molecule has 11 heteroatoms. The molecule has 0 radical (unpaired) electrons. The Morgan fingerprint density at radius 2 is 1.72 bits per heavy atom. The van der Waals surface area contributed by atoms with Crippen LogP contribution in [0.2, 0.25) is 5.02 Å². The van der Waals surface area contributed by atoms with E-state index in [4.69, 9.17) is 25.8 Å². The van der Waals surface area contributed by atoms with Crippen LogP contribution < -0.4 is 24.8 Å². The lowest BCUT2D eigenvalue weighted by molar-refractivity contribution is -0.128. The van der Waals surface area contributed by atoms with Gasteiger partial charge in [-0.05, 0) is 30.3 Å². The zero-order chi connectivity index (χ0) is 25.9. The number of halogens is 1. The molecule has 8 nitrogen and oxygen atoms in total. The molecule has 2 atom stereocenters. The monoisotopic (exact) mass is 548 g/mol. The predicted molar refractivity (Wildman–Crippen MR) is 140 cm³/mol. The van der Waals surface area contributed by atoms with Gasteiger partial charge in [0.05, 0.1) is 35.6 Å². The zero-order valence-corrected chi connectivity index (χ0v) is 22.2. The van der Waals surface area contributed by atoms with Crippen molar-refractivity contribution >= 4 is 44.8 Å². The number of para-hydroxylation sites is 1. The first-order valence-electron chi connectivity index (χ1n) is 11.0. The largest absolute Gasteiger partial charge is 0.493 e. The number of amides is 1. The van der Waals surface area contributed by atoms with Crippen molar-refractivity contribution in [1.82, 2.24) is 5.32 Å². The first-order valence-corrected chi connectivity index (χ1v) is 13.9. The maximum Gasteiger partial charge on any atom is 0.268 e. The van der Waals surface area contributed by atoms with E-state index in [1.807, 2.05) is 6.07 Å². The summed E-state index contributed by atoms with van der Waals surface area (Å²) in [6, 6.07) is 16.6. The lowest BCUT2D eigenvalue weighted by atomic mass is 10.1. The van der Waals surface area contributed by atoms with Gasteiger partial charge in [-0.25, -0.2) is 8.42 Å². The van der Waals surface area contributed by atoms with Gasteiger partial charge in [0.2, 0.25) is 6.10 Å². The van der Waals surface area contributed by atoms with E-state index in [9.17, 15) is 13.2 Å². The summed E-state index contributed by atoms with van der Waals surface area (Å²) in [5.41, 5.74) is 0.786. The Balaban J connectivity index is 1.58. The second kappa shape index (κ2) is 10.9. The van der Waals surface area contributed by atoms with Crippen LogP contribution in [0.15, 0.2) is 70.5 Å². The molecule has 4 rings (SSSR count). The molecule has 2 N–H and O–H groups in total. The molecule has 0 aromatic heterocycles. The van der Waals surface area contributed by atoms with E-state index >= 15 is 0 Å². The van der Waals surface area contributed by atoms with Gasteiger partial charge < -0.3 is 24.8 Å². The first kappa shape index (κ1) is 26.0. The number of nitrogens with one attached hydrogen (secondary N) is 2. The highest BCUT2D eigenvalue weighted by Gasteiger charge is 2.30. The lowest BCUT2D eigenvalue weighted by Crippen LogP contribution is -2.40. The third kappa shape index (κ3) is 5.50. The molecule has 190 valence electrons. The molecule has 3 aromatic carbocycles. The quantitative estimate of drug-likeness (QED) is 0.390. The van der Waals surface area contributed by atoms with Crippen molar-refractivity contribution in [2.45, 2.75) is 28.3 Å². The summed E-state index contributed by atoms with van der Waals surface area (Å²) in [6.45, 7) is 1.58. The molecule has 36 heavy (non-hydrogen) atoms. The Bertz CT molecular complexity index is 1330. The van der Waals surface area contributed by atoms with Gasteiger partial charge in [-0.1, -0.05) is 54.6 Å². The summed E-state index contributed by atoms with van der Waals surface area (Å²) >= 11 is 7.68. The number of carbonyl (C=O) groups excluding carboxylic acids is 1. The number of anilines is 1. The molecule has 0 saturated heterocycles. The van der Waals surface area contributed by atoms with Crippen LogP contribution in [0, 0.1) is 0 Å². The van der Waals surface area contributed by atoms with Crippen LogP contribution in [0.1, 0.15) is 18.6 Å². The molecule has 0 spiro atoms. The SMILES string of the molecule is CCS(=O)(=O)c1ccc(C(Oc2ccccc2Cl)C(=O)NC2Nc3cc(OC)c(OC)cc3S2)cc1. The van der Waals surface area contributed by atoms with E-state index in [-0.39, 0.29) is 10.6 Å². The van der Waals surface area contributed by atoms with E-state index in [2.05, 4.69) is 10.6 Å². The summed E-state index contributed by atoms with van der Waals surface area (Å²) in [6.07, 6.45) is -1.08. The predicted octanol–water partition coefficient (Wildman–Crippen LogP) is 4.89. The van der Waals surface area contributed by atoms with Gasteiger partial charge in [0.25, 0.3) is 5.91 Å². The third-order valence-electron chi connectivity index (χ3n) is 5.53. The van der Waals surface area contributed by atoms with E-state index in [1.54, 1.807) is 63.6 Å². The van der Waals surface area contributed by atoms with E-state index in [0.717, 1.165) is 10.6 Å². The molecule has 1 heterocycles. The van der Waals surface area contributed by atoms with Crippen molar-refractivity contribution in [2.75, 3.05) is 25.3 Å². The highest BCUT2D eigenvalue weighted by molar-refractivity contribution is 8.00. The van der Waals surface area contributed by atoms with Crippen molar-refractivity contribution < 1.29 is 27.4 Å². The van der Waals surface area contributed by atoms with Gasteiger partial charge in [-0.15, -0.1) is 0 Å². The number of ether oxygens (including phenoxy) is 3. The second-order valence-electron chi connectivity index (χ2n) is 7.75. The minimum Gasteiger partial charge on any atom is -0.493 e. The fourth-order valence-corrected chi connectivity index (χ4v) is 5.69. The van der Waals surface area contributed by atoms with E-state index in [0.29, 0.717) is 27.8 Å². The van der Waals surface area contributed by atoms with Crippen molar-refractivity contribution in [3.05, 3.63) is 71.2 Å². The highest BCUT2D eigenvalue weighted by Crippen LogP contribution is 2.44. The van der Waals surface area contributed by atoms with Crippen LogP contribution in [0.4, 0.5) is 5.69 Å². The molecular formula is C25H25ClN2O6S2. The van der Waals surface area contributed by atoms with Crippen molar-refractivity contribution in [2.24, 2.45) is 0 Å². The number of hydrogen-bond acceptors (Lipinski definition) is 8.